The topological polar surface area (TPSA) is 85.7 Å². The van der Waals surface area contributed by atoms with Gasteiger partial charge in [-0.25, -0.2) is 8.42 Å². The molecule has 0 unspecified atom stereocenters. The van der Waals surface area contributed by atoms with Crippen LogP contribution in [-0.4, -0.2) is 26.7 Å². The van der Waals surface area contributed by atoms with Crippen molar-refractivity contribution in [3.63, 3.8) is 0 Å². The van der Waals surface area contributed by atoms with Crippen molar-refractivity contribution in [1.82, 2.24) is 4.98 Å². The number of aromatic nitrogens is 1. The fraction of sp³-hybridized carbons (Fsp3) is 0.0323. The zero-order valence-corrected chi connectivity index (χ0v) is 24.0. The number of rotatable bonds is 5. The Morgan fingerprint density at radius 3 is 2.38 bits per heavy atom. The average molecular weight is 709 g/mol. The van der Waals surface area contributed by atoms with Gasteiger partial charge in [0, 0.05) is 18.2 Å². The van der Waals surface area contributed by atoms with Crippen LogP contribution in [0.25, 0.3) is 39.1 Å². The molecule has 0 radical (unpaired) electrons. The van der Waals surface area contributed by atoms with Crippen LogP contribution in [-0.2, 0) is 29.9 Å². The smallest absolute Gasteiger partial charge is 0.811 e. The Balaban J connectivity index is 0.000000246. The van der Waals surface area contributed by atoms with Crippen molar-refractivity contribution in [2.24, 2.45) is 0 Å². The van der Waals surface area contributed by atoms with Gasteiger partial charge >= 0.3 is 20.1 Å². The van der Waals surface area contributed by atoms with Crippen molar-refractivity contribution in [3.8, 4) is 33.7 Å². The quantitative estimate of drug-likeness (QED) is 0.147. The zero-order valence-electron chi connectivity index (χ0n) is 20.8. The first-order valence-electron chi connectivity index (χ1n) is 11.7. The maximum absolute atomic E-state index is 12.9. The van der Waals surface area contributed by atoms with E-state index in [-0.39, 0.29) is 20.1 Å². The molecular weight excluding hydrogens is 687 g/mol. The molecule has 194 valence electrons. The van der Waals surface area contributed by atoms with Gasteiger partial charge in [0.25, 0.3) is 0 Å². The Morgan fingerprint density at radius 2 is 1.69 bits per heavy atom. The van der Waals surface area contributed by atoms with Crippen LogP contribution in [0.5, 0.6) is 0 Å². The maximum atomic E-state index is 12.9. The summed E-state index contributed by atoms with van der Waals surface area (Å²) in [5.41, 5.74) is 4.94. The number of benzene rings is 4. The molecule has 0 spiro atoms. The molecule has 1 aliphatic rings. The third-order valence-electron chi connectivity index (χ3n) is 6.02. The number of sulfone groups is 1. The van der Waals surface area contributed by atoms with E-state index in [1.165, 1.54) is 6.08 Å². The first-order valence-corrected chi connectivity index (χ1v) is 13.2. The second kappa shape index (κ2) is 12.2. The normalized spacial score (nSPS) is 12.4. The van der Waals surface area contributed by atoms with Crippen LogP contribution in [0.1, 0.15) is 0 Å². The van der Waals surface area contributed by atoms with Crippen LogP contribution in [0.3, 0.4) is 0 Å². The Bertz CT molecular complexity index is 1700. The maximum Gasteiger partial charge on any atom is 3.00 e. The number of fused-ring (bicyclic) bond motifs is 3. The predicted octanol–water partition coefficient (Wildman–Crippen LogP) is 6.70. The van der Waals surface area contributed by atoms with E-state index >= 15 is 0 Å². The number of hydrogen-bond acceptors (Lipinski definition) is 5. The summed E-state index contributed by atoms with van der Waals surface area (Å²) in [4.78, 5) is 6.53. The molecule has 0 atom stereocenters. The summed E-state index contributed by atoms with van der Waals surface area (Å²) >= 11 is 0. The molecule has 4 aromatic carbocycles. The first-order chi connectivity index (χ1) is 18.5. The predicted molar refractivity (Wildman–Crippen MR) is 149 cm³/mol. The minimum absolute atomic E-state index is 0. The second-order valence-corrected chi connectivity index (χ2v) is 10.3. The third-order valence-corrected chi connectivity index (χ3v) is 7.87. The molecule has 0 N–H and O–H groups in total. The van der Waals surface area contributed by atoms with Gasteiger partial charge in [0.2, 0.25) is 9.84 Å². The number of hydrogen-bond donors (Lipinski definition) is 0. The van der Waals surface area contributed by atoms with E-state index in [0.29, 0.717) is 15.7 Å². The largest absolute Gasteiger partial charge is 3.00 e. The fourth-order valence-electron chi connectivity index (χ4n) is 4.13. The Labute approximate surface area is 241 Å². The van der Waals surface area contributed by atoms with E-state index in [4.69, 9.17) is 9.83 Å². The molecular formula is C31H22IrN3O3S. The van der Waals surface area contributed by atoms with Crippen molar-refractivity contribution in [2.45, 2.75) is 9.79 Å². The SMILES string of the molecule is CN(/C=C\C=[N-])c1[c-]cc(-c2ccc3c(c2)S(=O)(=O)c2ccccc2-3)cc1.[Ir+3].[c-]1ccccc1-c1ncco1. The Kier molecular flexibility index (Phi) is 8.72. The van der Waals surface area contributed by atoms with Crippen LogP contribution in [0.15, 0.2) is 124 Å². The van der Waals surface area contributed by atoms with Crippen molar-refractivity contribution >= 4 is 21.7 Å². The molecule has 6 nitrogen and oxygen atoms in total. The number of anilines is 1. The van der Waals surface area contributed by atoms with E-state index in [9.17, 15) is 8.42 Å². The van der Waals surface area contributed by atoms with E-state index in [0.717, 1.165) is 39.7 Å². The van der Waals surface area contributed by atoms with Gasteiger partial charge in [-0.3, -0.25) is 4.98 Å². The number of oxazole rings is 1. The van der Waals surface area contributed by atoms with E-state index < -0.39 is 9.84 Å². The summed E-state index contributed by atoms with van der Waals surface area (Å²) in [5, 5.41) is 8.74. The summed E-state index contributed by atoms with van der Waals surface area (Å²) in [6, 6.07) is 32.1. The van der Waals surface area contributed by atoms with Crippen molar-refractivity contribution in [1.29, 1.82) is 0 Å². The zero-order chi connectivity index (χ0) is 26.5. The first kappa shape index (κ1) is 27.9. The van der Waals surface area contributed by atoms with Crippen molar-refractivity contribution < 1.29 is 32.9 Å². The van der Waals surface area contributed by atoms with E-state index in [1.54, 1.807) is 36.9 Å². The molecule has 8 heteroatoms. The molecule has 0 saturated heterocycles. The number of nitrogens with zero attached hydrogens (tertiary/aromatic N) is 3. The van der Waals surface area contributed by atoms with Gasteiger partial charge in [0.1, 0.15) is 5.89 Å². The van der Waals surface area contributed by atoms with Crippen molar-refractivity contribution in [3.05, 3.63) is 127 Å². The molecule has 0 aliphatic carbocycles. The monoisotopic (exact) mass is 709 g/mol. The van der Waals surface area contributed by atoms with E-state index in [2.05, 4.69) is 17.1 Å². The van der Waals surface area contributed by atoms with Gasteiger partial charge in [-0.15, -0.1) is 42.0 Å². The summed E-state index contributed by atoms with van der Waals surface area (Å²) in [5.74, 6) is 0.616. The van der Waals surface area contributed by atoms with Gasteiger partial charge in [-0.05, 0) is 18.3 Å². The molecule has 39 heavy (non-hydrogen) atoms. The molecule has 0 fully saturated rings. The molecule has 6 rings (SSSR count). The molecule has 5 aromatic rings. The van der Waals surface area contributed by atoms with Crippen LogP contribution in [0, 0.1) is 12.1 Å². The molecule has 0 bridgehead atoms. The second-order valence-electron chi connectivity index (χ2n) is 8.39. The summed E-state index contributed by atoms with van der Waals surface area (Å²) in [6.45, 7) is 0. The van der Waals surface area contributed by atoms with Crippen molar-refractivity contribution in [2.75, 3.05) is 11.9 Å². The van der Waals surface area contributed by atoms with Crippen LogP contribution in [0.4, 0.5) is 5.69 Å². The summed E-state index contributed by atoms with van der Waals surface area (Å²) < 4.78 is 30.8. The standard InChI is InChI=1S/C22H16N2O2S.C9H6NO.Ir/c1-24(14-4-13-23)18-10-7-16(8-11-18)17-9-12-20-19-5-2-3-6-21(19)27(25,26)22(20)15-17;1-2-4-8(5-3-1)9-10-6-7-11-9;/h2-10,12-15H,1H3;1-4,6-7H;/q-2;-1;+3/b14-4-;;. The van der Waals surface area contributed by atoms with Crippen LogP contribution < -0.4 is 4.90 Å². The molecule has 0 saturated carbocycles. The third kappa shape index (κ3) is 5.83. The molecule has 0 amide bonds. The Morgan fingerprint density at radius 1 is 0.923 bits per heavy atom. The van der Waals surface area contributed by atoms with Gasteiger partial charge in [0.05, 0.1) is 22.3 Å². The van der Waals surface area contributed by atoms with Gasteiger partial charge in [-0.2, -0.15) is 24.4 Å². The van der Waals surface area contributed by atoms with Gasteiger partial charge in [-0.1, -0.05) is 53.2 Å². The van der Waals surface area contributed by atoms with Crippen LogP contribution in [0.2, 0.25) is 0 Å². The fourth-order valence-corrected chi connectivity index (χ4v) is 5.85. The number of allylic oxidation sites excluding steroid dienone is 1. The van der Waals surface area contributed by atoms with E-state index in [1.807, 2.05) is 78.7 Å². The average Bonchev–Trinajstić information content (AvgIpc) is 3.58. The Hall–Kier alpha value is -4.10. The molecule has 1 aliphatic heterocycles. The van der Waals surface area contributed by atoms with Gasteiger partial charge in [0.15, 0.2) is 0 Å². The minimum Gasteiger partial charge on any atom is -0.811 e. The summed E-state index contributed by atoms with van der Waals surface area (Å²) in [7, 11) is -1.63. The molecule has 2 heterocycles. The minimum atomic E-state index is -3.48. The molecule has 1 aromatic heterocycles. The van der Waals surface area contributed by atoms with Crippen LogP contribution >= 0.6 is 0 Å². The van der Waals surface area contributed by atoms with Gasteiger partial charge < -0.3 is 14.7 Å². The summed E-state index contributed by atoms with van der Waals surface area (Å²) in [6.07, 6.45) is 7.37.